The van der Waals surface area contributed by atoms with E-state index in [1.54, 1.807) is 24.4 Å². The van der Waals surface area contributed by atoms with Gasteiger partial charge < -0.3 is 5.11 Å². The summed E-state index contributed by atoms with van der Waals surface area (Å²) in [6.07, 6.45) is 0.425. The van der Waals surface area contributed by atoms with Crippen molar-refractivity contribution in [3.05, 3.63) is 77.5 Å². The minimum absolute atomic E-state index is 0.0320. The highest BCUT2D eigenvalue weighted by Gasteiger charge is 2.18. The van der Waals surface area contributed by atoms with E-state index in [2.05, 4.69) is 4.98 Å². The fourth-order valence-electron chi connectivity index (χ4n) is 2.24. The van der Waals surface area contributed by atoms with Gasteiger partial charge in [0.2, 0.25) is 0 Å². The summed E-state index contributed by atoms with van der Waals surface area (Å²) in [6, 6.07) is 12.1. The zero-order valence-electron chi connectivity index (χ0n) is 10.4. The summed E-state index contributed by atoms with van der Waals surface area (Å²) in [4.78, 5) is 4.22. The summed E-state index contributed by atoms with van der Waals surface area (Å²) in [7, 11) is 0. The van der Waals surface area contributed by atoms with Crippen molar-refractivity contribution >= 4 is 10.9 Å². The van der Waals surface area contributed by atoms with Gasteiger partial charge in [-0.1, -0.05) is 30.3 Å². The van der Waals surface area contributed by atoms with Gasteiger partial charge in [0.15, 0.2) is 0 Å². The van der Waals surface area contributed by atoms with E-state index in [0.29, 0.717) is 11.1 Å². The molecule has 0 aliphatic carbocycles. The van der Waals surface area contributed by atoms with Crippen LogP contribution in [-0.4, -0.2) is 10.1 Å². The van der Waals surface area contributed by atoms with Crippen molar-refractivity contribution in [1.29, 1.82) is 0 Å². The number of aliphatic hydroxyl groups is 1. The summed E-state index contributed by atoms with van der Waals surface area (Å²) < 4.78 is 26.7. The van der Waals surface area contributed by atoms with Crippen molar-refractivity contribution in [2.24, 2.45) is 0 Å². The standard InChI is InChI=1S/C16H11F2NO/c17-11-6-7-12(14(18)9-11)16(20)13-5-1-3-10-4-2-8-19-15(10)13/h1-9,16,20H. The maximum Gasteiger partial charge on any atom is 0.132 e. The summed E-state index contributed by atoms with van der Waals surface area (Å²) in [5.41, 5.74) is 1.13. The first-order valence-electron chi connectivity index (χ1n) is 6.13. The van der Waals surface area contributed by atoms with Crippen LogP contribution < -0.4 is 0 Å². The molecule has 1 N–H and O–H groups in total. The lowest BCUT2D eigenvalue weighted by Gasteiger charge is -2.14. The van der Waals surface area contributed by atoms with E-state index in [9.17, 15) is 13.9 Å². The molecular weight excluding hydrogens is 260 g/mol. The molecule has 1 unspecified atom stereocenters. The Bertz CT molecular complexity index is 768. The van der Waals surface area contributed by atoms with Crippen LogP contribution in [0.15, 0.2) is 54.7 Å². The number of hydrogen-bond acceptors (Lipinski definition) is 2. The molecule has 2 aromatic carbocycles. The summed E-state index contributed by atoms with van der Waals surface area (Å²) in [5.74, 6) is -1.44. The molecule has 0 spiro atoms. The molecule has 20 heavy (non-hydrogen) atoms. The lowest BCUT2D eigenvalue weighted by atomic mass is 9.98. The van der Waals surface area contributed by atoms with Gasteiger partial charge in [-0.05, 0) is 12.1 Å². The molecule has 0 radical (unpaired) electrons. The van der Waals surface area contributed by atoms with Crippen LogP contribution in [0.3, 0.4) is 0 Å². The predicted octanol–water partition coefficient (Wildman–Crippen LogP) is 3.59. The number of aromatic nitrogens is 1. The number of rotatable bonds is 2. The first-order chi connectivity index (χ1) is 9.66. The van der Waals surface area contributed by atoms with Gasteiger partial charge in [0.1, 0.15) is 17.7 Å². The molecule has 100 valence electrons. The highest BCUT2D eigenvalue weighted by Crippen LogP contribution is 2.29. The van der Waals surface area contributed by atoms with Crippen molar-refractivity contribution in [3.8, 4) is 0 Å². The van der Waals surface area contributed by atoms with E-state index >= 15 is 0 Å². The Balaban J connectivity index is 2.15. The molecular formula is C16H11F2NO. The van der Waals surface area contributed by atoms with Crippen molar-refractivity contribution in [2.75, 3.05) is 0 Å². The zero-order valence-corrected chi connectivity index (χ0v) is 10.4. The highest BCUT2D eigenvalue weighted by molar-refractivity contribution is 5.82. The van der Waals surface area contributed by atoms with Crippen LogP contribution in [0.25, 0.3) is 10.9 Å². The molecule has 0 saturated carbocycles. The normalized spacial score (nSPS) is 12.6. The third kappa shape index (κ3) is 2.14. The van der Waals surface area contributed by atoms with Gasteiger partial charge in [-0.3, -0.25) is 4.98 Å². The second-order valence-corrected chi connectivity index (χ2v) is 4.49. The summed E-state index contributed by atoms with van der Waals surface area (Å²) in [5, 5.41) is 11.2. The molecule has 1 aromatic heterocycles. The summed E-state index contributed by atoms with van der Waals surface area (Å²) >= 11 is 0. The fourth-order valence-corrected chi connectivity index (χ4v) is 2.24. The van der Waals surface area contributed by atoms with E-state index in [-0.39, 0.29) is 5.56 Å². The average molecular weight is 271 g/mol. The van der Waals surface area contributed by atoms with Gasteiger partial charge in [0.05, 0.1) is 5.52 Å². The first-order valence-corrected chi connectivity index (χ1v) is 6.13. The second kappa shape index (κ2) is 4.98. The molecule has 0 amide bonds. The number of nitrogens with zero attached hydrogens (tertiary/aromatic N) is 1. The number of para-hydroxylation sites is 1. The maximum absolute atomic E-state index is 13.8. The lowest BCUT2D eigenvalue weighted by Crippen LogP contribution is -2.04. The number of halogens is 2. The van der Waals surface area contributed by atoms with Crippen molar-refractivity contribution in [2.45, 2.75) is 6.10 Å². The lowest BCUT2D eigenvalue weighted by molar-refractivity contribution is 0.216. The van der Waals surface area contributed by atoms with Crippen LogP contribution in [0.2, 0.25) is 0 Å². The van der Waals surface area contributed by atoms with E-state index in [1.807, 2.05) is 12.1 Å². The fraction of sp³-hybridized carbons (Fsp3) is 0.0625. The van der Waals surface area contributed by atoms with Gasteiger partial charge in [0, 0.05) is 28.8 Å². The first kappa shape index (κ1) is 12.7. The largest absolute Gasteiger partial charge is 0.383 e. The molecule has 1 atom stereocenters. The van der Waals surface area contributed by atoms with Gasteiger partial charge in [0.25, 0.3) is 0 Å². The molecule has 0 bridgehead atoms. The molecule has 2 nitrogen and oxygen atoms in total. The molecule has 4 heteroatoms. The minimum atomic E-state index is -1.19. The molecule has 0 aliphatic rings. The third-order valence-electron chi connectivity index (χ3n) is 3.22. The maximum atomic E-state index is 13.8. The van der Waals surface area contributed by atoms with Crippen molar-refractivity contribution < 1.29 is 13.9 Å². The number of hydrogen-bond donors (Lipinski definition) is 1. The van der Waals surface area contributed by atoms with Crippen LogP contribution in [0.1, 0.15) is 17.2 Å². The molecule has 1 heterocycles. The van der Waals surface area contributed by atoms with Crippen LogP contribution in [-0.2, 0) is 0 Å². The molecule has 0 aliphatic heterocycles. The van der Waals surface area contributed by atoms with Crippen LogP contribution in [0.5, 0.6) is 0 Å². The van der Waals surface area contributed by atoms with Gasteiger partial charge >= 0.3 is 0 Å². The molecule has 0 saturated heterocycles. The van der Waals surface area contributed by atoms with Crippen LogP contribution >= 0.6 is 0 Å². The Morgan fingerprint density at radius 3 is 2.55 bits per heavy atom. The van der Waals surface area contributed by atoms with Crippen molar-refractivity contribution in [1.82, 2.24) is 4.98 Å². The Hall–Kier alpha value is -2.33. The smallest absolute Gasteiger partial charge is 0.132 e. The second-order valence-electron chi connectivity index (χ2n) is 4.49. The third-order valence-corrected chi connectivity index (χ3v) is 3.22. The number of pyridine rings is 1. The number of benzene rings is 2. The highest BCUT2D eigenvalue weighted by atomic mass is 19.1. The van der Waals surface area contributed by atoms with Crippen LogP contribution in [0.4, 0.5) is 8.78 Å². The van der Waals surface area contributed by atoms with E-state index in [4.69, 9.17) is 0 Å². The number of fused-ring (bicyclic) bond motifs is 1. The molecule has 3 aromatic rings. The Labute approximate surface area is 114 Å². The Morgan fingerprint density at radius 2 is 1.75 bits per heavy atom. The van der Waals surface area contributed by atoms with Gasteiger partial charge in [-0.25, -0.2) is 8.78 Å². The van der Waals surface area contributed by atoms with Gasteiger partial charge in [-0.15, -0.1) is 0 Å². The van der Waals surface area contributed by atoms with E-state index in [0.717, 1.165) is 17.5 Å². The Morgan fingerprint density at radius 1 is 0.950 bits per heavy atom. The predicted molar refractivity (Wildman–Crippen MR) is 72.2 cm³/mol. The molecule has 3 rings (SSSR count). The summed E-state index contributed by atoms with van der Waals surface area (Å²) in [6.45, 7) is 0. The van der Waals surface area contributed by atoms with E-state index < -0.39 is 17.7 Å². The van der Waals surface area contributed by atoms with Gasteiger partial charge in [-0.2, -0.15) is 0 Å². The monoisotopic (exact) mass is 271 g/mol. The van der Waals surface area contributed by atoms with Crippen molar-refractivity contribution in [3.63, 3.8) is 0 Å². The Kier molecular flexibility index (Phi) is 3.16. The quantitative estimate of drug-likeness (QED) is 0.772. The average Bonchev–Trinajstić information content (AvgIpc) is 2.46. The SMILES string of the molecule is OC(c1ccc(F)cc1F)c1cccc2cccnc12. The topological polar surface area (TPSA) is 33.1 Å². The molecule has 0 fully saturated rings. The zero-order chi connectivity index (χ0) is 14.1. The minimum Gasteiger partial charge on any atom is -0.383 e. The number of aliphatic hydroxyl groups excluding tert-OH is 1. The van der Waals surface area contributed by atoms with Crippen LogP contribution in [0, 0.1) is 11.6 Å². The van der Waals surface area contributed by atoms with E-state index in [1.165, 1.54) is 6.07 Å².